The van der Waals surface area contributed by atoms with Crippen LogP contribution in [0.1, 0.15) is 43.4 Å². The minimum Gasteiger partial charge on any atom is -0.493 e. The number of aromatic nitrogens is 1. The van der Waals surface area contributed by atoms with E-state index in [2.05, 4.69) is 34.6 Å². The van der Waals surface area contributed by atoms with Crippen LogP contribution in [0.3, 0.4) is 0 Å². The van der Waals surface area contributed by atoms with Crippen molar-refractivity contribution in [2.24, 2.45) is 4.99 Å². The summed E-state index contributed by atoms with van der Waals surface area (Å²) in [6, 6.07) is 3.77. The molecule has 1 aromatic heterocycles. The number of nitrogens with zero attached hydrogens (tertiary/aromatic N) is 2. The average molecular weight is 409 g/mol. The fraction of sp³-hybridized carbons (Fsp3) is 0.500. The summed E-state index contributed by atoms with van der Waals surface area (Å²) in [6.07, 6.45) is 1.64. The average Bonchev–Trinajstić information content (AvgIpc) is 3.11. The highest BCUT2D eigenvalue weighted by molar-refractivity contribution is 6.32. The van der Waals surface area contributed by atoms with Crippen LogP contribution < -0.4 is 20.1 Å². The normalized spacial score (nSPS) is 11.4. The molecule has 28 heavy (non-hydrogen) atoms. The Balaban J connectivity index is 2.03. The predicted octanol–water partition coefficient (Wildman–Crippen LogP) is 3.73. The van der Waals surface area contributed by atoms with Gasteiger partial charge in [0.2, 0.25) is 0 Å². The summed E-state index contributed by atoms with van der Waals surface area (Å²) in [5.74, 6) is 2.75. The van der Waals surface area contributed by atoms with Gasteiger partial charge in [0, 0.05) is 32.1 Å². The molecule has 7 nitrogen and oxygen atoms in total. The molecule has 8 heteroatoms. The standard InChI is InChI=1S/C20H29ClN4O3/c1-6-16-14(17(7-2)28-25-16)12-24-20(22-4)23-11-13-9-15(21)19(27-8-3)18(10-13)26-5/h9-10H,6-8,11-12H2,1-5H3,(H2,22,23,24). The van der Waals surface area contributed by atoms with Crippen LogP contribution in [-0.4, -0.2) is 31.9 Å². The molecule has 2 aromatic rings. The van der Waals surface area contributed by atoms with E-state index in [1.165, 1.54) is 0 Å². The molecule has 154 valence electrons. The van der Waals surface area contributed by atoms with E-state index in [1.54, 1.807) is 14.2 Å². The van der Waals surface area contributed by atoms with Crippen molar-refractivity contribution in [3.05, 3.63) is 39.7 Å². The number of hydrogen-bond acceptors (Lipinski definition) is 5. The molecule has 1 aromatic carbocycles. The summed E-state index contributed by atoms with van der Waals surface area (Å²) >= 11 is 6.34. The van der Waals surface area contributed by atoms with Crippen molar-refractivity contribution in [1.29, 1.82) is 0 Å². The summed E-state index contributed by atoms with van der Waals surface area (Å²) in [5.41, 5.74) is 3.03. The number of methoxy groups -OCH3 is 1. The van der Waals surface area contributed by atoms with Crippen molar-refractivity contribution in [3.8, 4) is 11.5 Å². The lowest BCUT2D eigenvalue weighted by Gasteiger charge is -2.15. The lowest BCUT2D eigenvalue weighted by atomic mass is 10.1. The smallest absolute Gasteiger partial charge is 0.191 e. The SMILES string of the molecule is CCOc1c(Cl)cc(CNC(=NC)NCc2c(CC)noc2CC)cc1OC. The van der Waals surface area contributed by atoms with Crippen LogP contribution in [0.15, 0.2) is 21.6 Å². The second-order valence-electron chi connectivity index (χ2n) is 6.06. The molecule has 2 rings (SSSR count). The van der Waals surface area contributed by atoms with Crippen LogP contribution in [0.2, 0.25) is 5.02 Å². The Morgan fingerprint density at radius 1 is 1.18 bits per heavy atom. The molecule has 0 radical (unpaired) electrons. The molecule has 0 aliphatic carbocycles. The van der Waals surface area contributed by atoms with Gasteiger partial charge in [-0.1, -0.05) is 30.6 Å². The summed E-state index contributed by atoms with van der Waals surface area (Å²) < 4.78 is 16.4. The van der Waals surface area contributed by atoms with Crippen molar-refractivity contribution in [2.75, 3.05) is 20.8 Å². The van der Waals surface area contributed by atoms with Gasteiger partial charge in [0.05, 0.1) is 24.4 Å². The first-order valence-corrected chi connectivity index (χ1v) is 9.85. The zero-order valence-corrected chi connectivity index (χ0v) is 17.9. The lowest BCUT2D eigenvalue weighted by Crippen LogP contribution is -2.36. The van der Waals surface area contributed by atoms with Crippen LogP contribution in [0.4, 0.5) is 0 Å². The molecule has 0 unspecified atom stereocenters. The molecule has 1 heterocycles. The number of hydrogen-bond donors (Lipinski definition) is 2. The van der Waals surface area contributed by atoms with Crippen LogP contribution in [0, 0.1) is 0 Å². The molecular formula is C20H29ClN4O3. The molecule has 0 aliphatic rings. The van der Waals surface area contributed by atoms with E-state index in [1.807, 2.05) is 19.1 Å². The molecular weight excluding hydrogens is 380 g/mol. The third kappa shape index (κ3) is 5.32. The molecule has 0 spiro atoms. The fourth-order valence-corrected chi connectivity index (χ4v) is 3.16. The Labute approximate surface area is 171 Å². The van der Waals surface area contributed by atoms with E-state index in [0.29, 0.717) is 42.2 Å². The van der Waals surface area contributed by atoms with Crippen molar-refractivity contribution >= 4 is 17.6 Å². The number of guanidine groups is 1. The summed E-state index contributed by atoms with van der Waals surface area (Å²) in [4.78, 5) is 4.28. The second-order valence-corrected chi connectivity index (χ2v) is 6.47. The maximum Gasteiger partial charge on any atom is 0.191 e. The molecule has 0 amide bonds. The number of rotatable bonds is 9. The second kappa shape index (κ2) is 10.8. The topological polar surface area (TPSA) is 80.9 Å². The van der Waals surface area contributed by atoms with Gasteiger partial charge in [0.1, 0.15) is 5.76 Å². The Morgan fingerprint density at radius 2 is 1.93 bits per heavy atom. The molecule has 0 aliphatic heterocycles. The van der Waals surface area contributed by atoms with Crippen LogP contribution in [0.5, 0.6) is 11.5 Å². The highest BCUT2D eigenvalue weighted by atomic mass is 35.5. The third-order valence-corrected chi connectivity index (χ3v) is 4.58. The van der Waals surface area contributed by atoms with Crippen molar-refractivity contribution in [1.82, 2.24) is 15.8 Å². The molecule has 0 saturated heterocycles. The summed E-state index contributed by atoms with van der Waals surface area (Å²) in [6.45, 7) is 7.68. The van der Waals surface area contributed by atoms with E-state index in [-0.39, 0.29) is 0 Å². The summed E-state index contributed by atoms with van der Waals surface area (Å²) in [7, 11) is 3.33. The van der Waals surface area contributed by atoms with Gasteiger partial charge in [0.25, 0.3) is 0 Å². The van der Waals surface area contributed by atoms with Crippen molar-refractivity contribution in [3.63, 3.8) is 0 Å². The Kier molecular flexibility index (Phi) is 8.44. The van der Waals surface area contributed by atoms with Gasteiger partial charge in [-0.25, -0.2) is 0 Å². The maximum absolute atomic E-state index is 6.34. The number of aryl methyl sites for hydroxylation is 2. The largest absolute Gasteiger partial charge is 0.493 e. The van der Waals surface area contributed by atoms with E-state index in [9.17, 15) is 0 Å². The van der Waals surface area contributed by atoms with Gasteiger partial charge in [-0.15, -0.1) is 0 Å². The molecule has 0 atom stereocenters. The molecule has 0 fully saturated rings. The van der Waals surface area contributed by atoms with E-state index in [4.69, 9.17) is 25.6 Å². The maximum atomic E-state index is 6.34. The monoisotopic (exact) mass is 408 g/mol. The van der Waals surface area contributed by atoms with E-state index < -0.39 is 0 Å². The number of ether oxygens (including phenoxy) is 2. The van der Waals surface area contributed by atoms with Gasteiger partial charge in [-0.3, -0.25) is 4.99 Å². The highest BCUT2D eigenvalue weighted by Gasteiger charge is 2.14. The van der Waals surface area contributed by atoms with Crippen molar-refractivity contribution < 1.29 is 14.0 Å². The van der Waals surface area contributed by atoms with Crippen LogP contribution in [0.25, 0.3) is 0 Å². The molecule has 0 saturated carbocycles. The summed E-state index contributed by atoms with van der Waals surface area (Å²) in [5, 5.41) is 11.3. The zero-order valence-electron chi connectivity index (χ0n) is 17.2. The molecule has 0 bridgehead atoms. The predicted molar refractivity (Wildman–Crippen MR) is 111 cm³/mol. The van der Waals surface area contributed by atoms with Gasteiger partial charge < -0.3 is 24.6 Å². The highest BCUT2D eigenvalue weighted by Crippen LogP contribution is 2.36. The quantitative estimate of drug-likeness (QED) is 0.486. The number of aliphatic imine (C=N–C) groups is 1. The van der Waals surface area contributed by atoms with Gasteiger partial charge >= 0.3 is 0 Å². The van der Waals surface area contributed by atoms with Crippen molar-refractivity contribution in [2.45, 2.75) is 46.7 Å². The minimum atomic E-state index is 0.519. The van der Waals surface area contributed by atoms with Gasteiger partial charge in [0.15, 0.2) is 17.5 Å². The van der Waals surface area contributed by atoms with E-state index >= 15 is 0 Å². The third-order valence-electron chi connectivity index (χ3n) is 4.30. The number of halogens is 1. The first kappa shape index (κ1) is 21.9. The first-order chi connectivity index (χ1) is 13.6. The minimum absolute atomic E-state index is 0.519. The Bertz CT molecular complexity index is 783. The van der Waals surface area contributed by atoms with E-state index in [0.717, 1.165) is 35.4 Å². The Morgan fingerprint density at radius 3 is 2.54 bits per heavy atom. The molecule has 2 N–H and O–H groups in total. The van der Waals surface area contributed by atoms with Gasteiger partial charge in [-0.05, 0) is 31.0 Å². The Hall–Kier alpha value is -2.41. The zero-order chi connectivity index (χ0) is 20.5. The van der Waals surface area contributed by atoms with Crippen LogP contribution in [-0.2, 0) is 25.9 Å². The van der Waals surface area contributed by atoms with Gasteiger partial charge in [-0.2, -0.15) is 0 Å². The fourth-order valence-electron chi connectivity index (χ4n) is 2.88. The lowest BCUT2D eigenvalue weighted by molar-refractivity contribution is 0.311. The number of benzene rings is 1. The first-order valence-electron chi connectivity index (χ1n) is 9.47. The number of nitrogens with one attached hydrogen (secondary N) is 2. The van der Waals surface area contributed by atoms with Crippen LogP contribution >= 0.6 is 11.6 Å².